The van der Waals surface area contributed by atoms with Gasteiger partial charge >= 0.3 is 6.18 Å². The molecule has 0 spiro atoms. The van der Waals surface area contributed by atoms with E-state index in [0.29, 0.717) is 0 Å². The normalized spacial score (nSPS) is 19.2. The minimum Gasteiger partial charge on any atom is -0.491 e. The Labute approximate surface area is 214 Å². The number of aromatic nitrogens is 2. The summed E-state index contributed by atoms with van der Waals surface area (Å²) in [5.74, 6) is -2.68. The number of aliphatic hydroxyl groups excluding tert-OH is 1. The van der Waals surface area contributed by atoms with Gasteiger partial charge in [-0.2, -0.15) is 18.3 Å². The molecule has 5 N–H and O–H groups in total. The number of carbonyl (C=O) groups is 4. The predicted molar refractivity (Wildman–Crippen MR) is 125 cm³/mol. The first-order valence-corrected chi connectivity index (χ1v) is 11.7. The van der Waals surface area contributed by atoms with Gasteiger partial charge in [-0.15, -0.1) is 0 Å². The van der Waals surface area contributed by atoms with Gasteiger partial charge in [-0.05, 0) is 24.6 Å². The van der Waals surface area contributed by atoms with Gasteiger partial charge in [-0.25, -0.2) is 0 Å². The molecule has 1 aromatic heterocycles. The van der Waals surface area contributed by atoms with Crippen molar-refractivity contribution < 1.29 is 42.2 Å². The first kappa shape index (κ1) is 28.4. The number of hydrogen-bond acceptors (Lipinski definition) is 7. The molecule has 1 aliphatic rings. The summed E-state index contributed by atoms with van der Waals surface area (Å²) in [5.41, 5.74) is -0.935. The Morgan fingerprint density at radius 2 is 1.95 bits per heavy atom. The van der Waals surface area contributed by atoms with E-state index in [2.05, 4.69) is 26.4 Å². The largest absolute Gasteiger partial charge is 0.491 e. The van der Waals surface area contributed by atoms with Crippen molar-refractivity contribution in [2.75, 3.05) is 26.3 Å². The van der Waals surface area contributed by atoms with E-state index >= 15 is 0 Å². The highest BCUT2D eigenvalue weighted by Crippen LogP contribution is 2.27. The second-order valence-corrected chi connectivity index (χ2v) is 8.27. The lowest BCUT2D eigenvalue weighted by molar-refractivity contribution is -0.141. The zero-order valence-corrected chi connectivity index (χ0v) is 20.1. The number of hydrogen-bond donors (Lipinski definition) is 5. The number of halogens is 3. The molecule has 0 saturated carbocycles. The number of benzene rings is 1. The number of ether oxygens (including phenoxy) is 1. The van der Waals surface area contributed by atoms with Crippen molar-refractivity contribution in [3.8, 4) is 5.75 Å². The van der Waals surface area contributed by atoms with Crippen LogP contribution in [0.3, 0.4) is 0 Å². The van der Waals surface area contributed by atoms with Crippen LogP contribution in [0.15, 0.2) is 36.5 Å². The summed E-state index contributed by atoms with van der Waals surface area (Å²) in [4.78, 5) is 50.7. The molecule has 4 amide bonds. The molecule has 0 radical (unpaired) electrons. The Bertz CT molecular complexity index is 1150. The van der Waals surface area contributed by atoms with Crippen LogP contribution >= 0.6 is 0 Å². The number of nitrogens with zero attached hydrogens (tertiary/aromatic N) is 2. The fourth-order valence-corrected chi connectivity index (χ4v) is 3.53. The van der Waals surface area contributed by atoms with Crippen molar-refractivity contribution in [2.45, 2.75) is 37.6 Å². The van der Waals surface area contributed by atoms with Crippen molar-refractivity contribution in [3.05, 3.63) is 47.8 Å². The molecule has 1 aliphatic heterocycles. The zero-order chi connectivity index (χ0) is 27.7. The van der Waals surface area contributed by atoms with Gasteiger partial charge in [0.15, 0.2) is 5.69 Å². The van der Waals surface area contributed by atoms with Crippen LogP contribution in [0, 0.1) is 0 Å². The molecular weight excluding hydrogens is 513 g/mol. The van der Waals surface area contributed by atoms with Crippen LogP contribution in [0.4, 0.5) is 13.2 Å². The number of para-hydroxylation sites is 1. The van der Waals surface area contributed by atoms with E-state index in [-0.39, 0.29) is 44.0 Å². The van der Waals surface area contributed by atoms with Crippen LogP contribution < -0.4 is 26.0 Å². The van der Waals surface area contributed by atoms with E-state index in [9.17, 15) is 37.5 Å². The molecule has 12 nitrogen and oxygen atoms in total. The van der Waals surface area contributed by atoms with Gasteiger partial charge < -0.3 is 31.1 Å². The Morgan fingerprint density at radius 3 is 2.66 bits per heavy atom. The molecule has 0 aliphatic carbocycles. The molecule has 0 fully saturated rings. The Balaban J connectivity index is 1.69. The quantitative estimate of drug-likeness (QED) is 0.311. The van der Waals surface area contributed by atoms with E-state index in [1.165, 1.54) is 18.3 Å². The number of aryl methyl sites for hydroxylation is 1. The van der Waals surface area contributed by atoms with Gasteiger partial charge in [0, 0.05) is 19.3 Å². The lowest BCUT2D eigenvalue weighted by Gasteiger charge is -2.22. The molecule has 0 unspecified atom stereocenters. The van der Waals surface area contributed by atoms with E-state index < -0.39 is 60.6 Å². The summed E-state index contributed by atoms with van der Waals surface area (Å²) >= 11 is 0. The summed E-state index contributed by atoms with van der Waals surface area (Å²) in [6.07, 6.45) is -3.75. The van der Waals surface area contributed by atoms with Gasteiger partial charge in [0.25, 0.3) is 5.91 Å². The number of carbonyl (C=O) groups excluding carboxylic acids is 4. The lowest BCUT2D eigenvalue weighted by Crippen LogP contribution is -2.53. The predicted octanol–water partition coefficient (Wildman–Crippen LogP) is -0.417. The third-order valence-electron chi connectivity index (χ3n) is 5.43. The van der Waals surface area contributed by atoms with Crippen LogP contribution in [0.1, 0.15) is 28.9 Å². The van der Waals surface area contributed by atoms with Crippen molar-refractivity contribution in [1.82, 2.24) is 31.0 Å². The fourth-order valence-electron chi connectivity index (χ4n) is 3.53. The summed E-state index contributed by atoms with van der Waals surface area (Å²) in [7, 11) is 0. The van der Waals surface area contributed by atoms with Crippen LogP contribution in [-0.4, -0.2) is 76.9 Å². The van der Waals surface area contributed by atoms with Gasteiger partial charge in [0.05, 0.1) is 25.1 Å². The molecular formula is C23H27F3N6O6. The minimum atomic E-state index is -4.57. The van der Waals surface area contributed by atoms with Crippen molar-refractivity contribution in [2.24, 2.45) is 0 Å². The third-order valence-corrected chi connectivity index (χ3v) is 5.43. The second-order valence-electron chi connectivity index (χ2n) is 8.27. The molecule has 1 aromatic carbocycles. The maximum Gasteiger partial charge on any atom is 0.435 e. The van der Waals surface area contributed by atoms with Gasteiger partial charge in [-0.3, -0.25) is 23.9 Å². The summed E-state index contributed by atoms with van der Waals surface area (Å²) in [6, 6.07) is 4.38. The number of nitrogens with one attached hydrogen (secondary N) is 4. The highest BCUT2D eigenvalue weighted by molar-refractivity contribution is 6.01. The average Bonchev–Trinajstić information content (AvgIpc) is 3.36. The van der Waals surface area contributed by atoms with Crippen molar-refractivity contribution >= 4 is 23.6 Å². The summed E-state index contributed by atoms with van der Waals surface area (Å²) in [5, 5.41) is 22.8. The van der Waals surface area contributed by atoms with E-state index in [1.54, 1.807) is 12.1 Å². The Hall–Kier alpha value is -4.14. The second kappa shape index (κ2) is 12.9. The maximum absolute atomic E-state index is 13.0. The number of alkyl halides is 3. The van der Waals surface area contributed by atoms with E-state index in [1.807, 2.05) is 0 Å². The van der Waals surface area contributed by atoms with Crippen molar-refractivity contribution in [1.29, 1.82) is 0 Å². The average molecular weight is 540 g/mol. The van der Waals surface area contributed by atoms with Crippen LogP contribution in [-0.2, 0) is 27.1 Å². The van der Waals surface area contributed by atoms with Gasteiger partial charge in [0.2, 0.25) is 17.7 Å². The topological polar surface area (TPSA) is 164 Å². The van der Waals surface area contributed by atoms with Gasteiger partial charge in [-0.1, -0.05) is 12.1 Å². The molecule has 2 aromatic rings. The molecule has 15 heteroatoms. The van der Waals surface area contributed by atoms with Crippen molar-refractivity contribution in [3.63, 3.8) is 0 Å². The monoisotopic (exact) mass is 540 g/mol. The van der Waals surface area contributed by atoms with E-state index in [0.717, 1.165) is 10.7 Å². The SMILES string of the molecule is O=C1C[C@@H](C(=O)NCCCn2ccc(C(F)(F)F)n2)NC(=O)c2ccccc2OCCNC(=O)[C@H](CO)N1. The van der Waals surface area contributed by atoms with Crippen LogP contribution in [0.25, 0.3) is 0 Å². The number of aliphatic hydroxyl groups is 1. The van der Waals surface area contributed by atoms with Crippen LogP contribution in [0.5, 0.6) is 5.75 Å². The molecule has 0 saturated heterocycles. The molecule has 2 heterocycles. The number of fused-ring (bicyclic) bond motifs is 1. The first-order chi connectivity index (χ1) is 18.1. The Morgan fingerprint density at radius 1 is 1.18 bits per heavy atom. The first-order valence-electron chi connectivity index (χ1n) is 11.7. The fraction of sp³-hybridized carbons (Fsp3) is 0.435. The molecule has 0 bridgehead atoms. The molecule has 2 atom stereocenters. The standard InChI is InChI=1S/C23H27F3N6O6/c24-23(25,26)18-6-10-32(31-18)9-3-7-27-21(36)15-12-19(34)29-16(13-33)22(37)28-8-11-38-17-5-2-1-4-14(17)20(35)30-15/h1-2,4-6,10,15-16,33H,3,7-9,11-13H2,(H,27,36)(H,28,37)(H,29,34)(H,30,35)/t15-,16-/m0/s1. The molecule has 38 heavy (non-hydrogen) atoms. The smallest absolute Gasteiger partial charge is 0.435 e. The third kappa shape index (κ3) is 7.93. The lowest BCUT2D eigenvalue weighted by atomic mass is 10.1. The summed E-state index contributed by atoms with van der Waals surface area (Å²) in [6.45, 7) is -0.579. The Kier molecular flexibility index (Phi) is 9.65. The highest BCUT2D eigenvalue weighted by Gasteiger charge is 2.33. The number of rotatable bonds is 6. The van der Waals surface area contributed by atoms with Crippen LogP contribution in [0.2, 0.25) is 0 Å². The summed E-state index contributed by atoms with van der Waals surface area (Å²) < 4.78 is 44.7. The van der Waals surface area contributed by atoms with Gasteiger partial charge in [0.1, 0.15) is 24.4 Å². The zero-order valence-electron chi connectivity index (χ0n) is 20.1. The maximum atomic E-state index is 13.0. The van der Waals surface area contributed by atoms with E-state index in [4.69, 9.17) is 4.74 Å². The molecule has 206 valence electrons. The number of amides is 4. The molecule has 3 rings (SSSR count). The minimum absolute atomic E-state index is 0.00718. The highest BCUT2D eigenvalue weighted by atomic mass is 19.4.